The van der Waals surface area contributed by atoms with Gasteiger partial charge in [-0.1, -0.05) is 62.9 Å². The largest absolute Gasteiger partial charge is 0.467 e. The Bertz CT molecular complexity index is 738. The van der Waals surface area contributed by atoms with Gasteiger partial charge in [0.2, 0.25) is 17.7 Å². The van der Waals surface area contributed by atoms with Crippen LogP contribution in [0.5, 0.6) is 0 Å². The number of unbranched alkanes of at least 4 members (excludes halogenated alkanes) is 3. The number of carbonyl (C=O) groups excluding carboxylic acids is 4. The average molecular weight is 418 g/mol. The quantitative estimate of drug-likeness (QED) is 0.370. The molecule has 1 aliphatic rings. The molecule has 2 rings (SSSR count). The highest BCUT2D eigenvalue weighted by molar-refractivity contribution is 5.99. The number of nitrogens with one attached hydrogen (secondary N) is 3. The Morgan fingerprint density at radius 2 is 1.70 bits per heavy atom. The number of esters is 1. The summed E-state index contributed by atoms with van der Waals surface area (Å²) in [6.07, 6.45) is 4.48. The van der Waals surface area contributed by atoms with Gasteiger partial charge >= 0.3 is 5.97 Å². The predicted molar refractivity (Wildman–Crippen MR) is 111 cm³/mol. The number of hydrogen-bond donors (Lipinski definition) is 3. The summed E-state index contributed by atoms with van der Waals surface area (Å²) in [5, 5.41) is 7.93. The molecule has 30 heavy (non-hydrogen) atoms. The maximum absolute atomic E-state index is 12.4. The van der Waals surface area contributed by atoms with E-state index in [9.17, 15) is 19.2 Å². The van der Waals surface area contributed by atoms with E-state index >= 15 is 0 Å². The lowest BCUT2D eigenvalue weighted by molar-refractivity contribution is -0.145. The second-order valence-corrected chi connectivity index (χ2v) is 7.51. The van der Waals surface area contributed by atoms with Crippen molar-refractivity contribution < 1.29 is 23.9 Å². The number of piperazine rings is 1. The third-order valence-corrected chi connectivity index (χ3v) is 5.11. The molecule has 1 aliphatic heterocycles. The lowest BCUT2D eigenvalue weighted by Crippen LogP contribution is -2.63. The molecule has 3 atom stereocenters. The molecule has 0 bridgehead atoms. The van der Waals surface area contributed by atoms with Crippen molar-refractivity contribution in [2.45, 2.75) is 70.0 Å². The van der Waals surface area contributed by atoms with Crippen molar-refractivity contribution in [2.24, 2.45) is 0 Å². The second kappa shape index (κ2) is 11.9. The molecule has 1 heterocycles. The summed E-state index contributed by atoms with van der Waals surface area (Å²) in [5.74, 6) is -1.74. The molecule has 0 aromatic heterocycles. The van der Waals surface area contributed by atoms with Crippen LogP contribution < -0.4 is 16.0 Å². The van der Waals surface area contributed by atoms with Crippen LogP contribution in [0.1, 0.15) is 51.0 Å². The summed E-state index contributed by atoms with van der Waals surface area (Å²) < 4.78 is 4.77. The molecular formula is C22H31N3O5. The number of amides is 3. The lowest BCUT2D eigenvalue weighted by atomic mass is 10.0. The van der Waals surface area contributed by atoms with Gasteiger partial charge in [-0.25, -0.2) is 4.79 Å². The SMILES string of the molecule is CCCCCC[C@@H](NC(=O)C[C@@H]1NC(=O)[C@H](Cc2ccccc2)NC1=O)C(=O)OC. The summed E-state index contributed by atoms with van der Waals surface area (Å²) in [6, 6.07) is 6.97. The van der Waals surface area contributed by atoms with Gasteiger partial charge in [-0.2, -0.15) is 0 Å². The van der Waals surface area contributed by atoms with Crippen molar-refractivity contribution >= 4 is 23.7 Å². The smallest absolute Gasteiger partial charge is 0.328 e. The van der Waals surface area contributed by atoms with E-state index in [1.165, 1.54) is 7.11 Å². The molecule has 0 spiro atoms. The zero-order valence-electron chi connectivity index (χ0n) is 17.6. The highest BCUT2D eigenvalue weighted by Gasteiger charge is 2.35. The fourth-order valence-electron chi connectivity index (χ4n) is 3.42. The van der Waals surface area contributed by atoms with Crippen LogP contribution in [0.4, 0.5) is 0 Å². The van der Waals surface area contributed by atoms with E-state index in [0.29, 0.717) is 12.8 Å². The molecule has 1 aromatic carbocycles. The van der Waals surface area contributed by atoms with Crippen LogP contribution >= 0.6 is 0 Å². The number of benzene rings is 1. The van der Waals surface area contributed by atoms with Gasteiger partial charge in [0.1, 0.15) is 18.1 Å². The van der Waals surface area contributed by atoms with Gasteiger partial charge < -0.3 is 20.7 Å². The molecule has 164 valence electrons. The van der Waals surface area contributed by atoms with Crippen molar-refractivity contribution in [1.82, 2.24) is 16.0 Å². The molecule has 0 radical (unpaired) electrons. The van der Waals surface area contributed by atoms with Crippen molar-refractivity contribution in [1.29, 1.82) is 0 Å². The minimum atomic E-state index is -0.970. The number of rotatable bonds is 11. The van der Waals surface area contributed by atoms with Crippen LogP contribution in [0.15, 0.2) is 30.3 Å². The summed E-state index contributed by atoms with van der Waals surface area (Å²) >= 11 is 0. The maximum atomic E-state index is 12.4. The second-order valence-electron chi connectivity index (χ2n) is 7.51. The van der Waals surface area contributed by atoms with Crippen molar-refractivity contribution in [2.75, 3.05) is 7.11 Å². The Hall–Kier alpha value is -2.90. The zero-order valence-corrected chi connectivity index (χ0v) is 17.6. The molecule has 1 aromatic rings. The van der Waals surface area contributed by atoms with Crippen LogP contribution in [-0.4, -0.2) is 48.9 Å². The van der Waals surface area contributed by atoms with Crippen LogP contribution in [0, 0.1) is 0 Å². The standard InChI is InChI=1S/C22H31N3O5/c1-3-4-5-9-12-16(22(29)30-2)23-19(26)14-18-21(28)24-17(20(27)25-18)13-15-10-7-6-8-11-15/h6-8,10-11,16-18H,3-5,9,12-14H2,1-2H3,(H,23,26)(H,24,28)(H,25,27)/t16-,17+,18+/m1/s1. The first-order valence-corrected chi connectivity index (χ1v) is 10.5. The van der Waals surface area contributed by atoms with E-state index in [1.54, 1.807) is 0 Å². The monoisotopic (exact) mass is 417 g/mol. The zero-order chi connectivity index (χ0) is 21.9. The van der Waals surface area contributed by atoms with E-state index < -0.39 is 35.9 Å². The van der Waals surface area contributed by atoms with E-state index in [0.717, 1.165) is 31.2 Å². The number of hydrogen-bond acceptors (Lipinski definition) is 5. The number of carbonyl (C=O) groups is 4. The van der Waals surface area contributed by atoms with Gasteiger partial charge in [-0.05, 0) is 12.0 Å². The van der Waals surface area contributed by atoms with Crippen LogP contribution in [0.25, 0.3) is 0 Å². The third kappa shape index (κ3) is 7.17. The predicted octanol–water partition coefficient (Wildman–Crippen LogP) is 1.23. The molecule has 0 saturated carbocycles. The summed E-state index contributed by atoms with van der Waals surface area (Å²) in [7, 11) is 1.27. The van der Waals surface area contributed by atoms with E-state index in [2.05, 4.69) is 22.9 Å². The molecular weight excluding hydrogens is 386 g/mol. The Morgan fingerprint density at radius 3 is 2.37 bits per heavy atom. The molecule has 3 amide bonds. The average Bonchev–Trinajstić information content (AvgIpc) is 2.74. The van der Waals surface area contributed by atoms with Gasteiger partial charge in [0.15, 0.2) is 0 Å². The Kier molecular flexibility index (Phi) is 9.31. The van der Waals surface area contributed by atoms with Crippen molar-refractivity contribution in [3.63, 3.8) is 0 Å². The summed E-state index contributed by atoms with van der Waals surface area (Å²) in [4.78, 5) is 49.1. The molecule has 0 aliphatic carbocycles. The van der Waals surface area contributed by atoms with E-state index in [4.69, 9.17) is 4.74 Å². The van der Waals surface area contributed by atoms with Crippen LogP contribution in [0.2, 0.25) is 0 Å². The minimum Gasteiger partial charge on any atom is -0.467 e. The summed E-state index contributed by atoms with van der Waals surface area (Å²) in [5.41, 5.74) is 0.929. The molecule has 3 N–H and O–H groups in total. The number of ether oxygens (including phenoxy) is 1. The first-order valence-electron chi connectivity index (χ1n) is 10.5. The van der Waals surface area contributed by atoms with Gasteiger partial charge in [-0.15, -0.1) is 0 Å². The lowest BCUT2D eigenvalue weighted by Gasteiger charge is -2.29. The number of methoxy groups -OCH3 is 1. The highest BCUT2D eigenvalue weighted by atomic mass is 16.5. The van der Waals surface area contributed by atoms with Gasteiger partial charge in [0.25, 0.3) is 0 Å². The molecule has 0 unspecified atom stereocenters. The van der Waals surface area contributed by atoms with Crippen molar-refractivity contribution in [3.05, 3.63) is 35.9 Å². The molecule has 8 heteroatoms. The fraction of sp³-hybridized carbons (Fsp3) is 0.545. The van der Waals surface area contributed by atoms with Gasteiger partial charge in [0, 0.05) is 6.42 Å². The molecule has 1 fully saturated rings. The van der Waals surface area contributed by atoms with E-state index in [1.807, 2.05) is 30.3 Å². The fourth-order valence-corrected chi connectivity index (χ4v) is 3.42. The Balaban J connectivity index is 1.87. The normalized spacial score (nSPS) is 19.4. The topological polar surface area (TPSA) is 114 Å². The van der Waals surface area contributed by atoms with Crippen LogP contribution in [-0.2, 0) is 30.3 Å². The summed E-state index contributed by atoms with van der Waals surface area (Å²) in [6.45, 7) is 2.09. The van der Waals surface area contributed by atoms with Crippen LogP contribution in [0.3, 0.4) is 0 Å². The third-order valence-electron chi connectivity index (χ3n) is 5.11. The Morgan fingerprint density at radius 1 is 1.03 bits per heavy atom. The van der Waals surface area contributed by atoms with Crippen molar-refractivity contribution in [3.8, 4) is 0 Å². The molecule has 8 nitrogen and oxygen atoms in total. The highest BCUT2D eigenvalue weighted by Crippen LogP contribution is 2.10. The molecule has 1 saturated heterocycles. The maximum Gasteiger partial charge on any atom is 0.328 e. The minimum absolute atomic E-state index is 0.238. The first kappa shape index (κ1) is 23.4. The van der Waals surface area contributed by atoms with Gasteiger partial charge in [-0.3, -0.25) is 14.4 Å². The Labute approximate surface area is 177 Å². The first-order chi connectivity index (χ1) is 14.4. The van der Waals surface area contributed by atoms with E-state index in [-0.39, 0.29) is 12.3 Å². The van der Waals surface area contributed by atoms with Gasteiger partial charge in [0.05, 0.1) is 13.5 Å².